The molecule has 0 aliphatic carbocycles. The summed E-state index contributed by atoms with van der Waals surface area (Å²) in [6.45, 7) is 0. The van der Waals surface area contributed by atoms with E-state index in [0.717, 1.165) is 22.7 Å². The molecular weight excluding hydrogens is 581 g/mol. The van der Waals surface area contributed by atoms with Crippen LogP contribution in [0.25, 0.3) is 60.5 Å². The van der Waals surface area contributed by atoms with Crippen LogP contribution in [0.15, 0.2) is 194 Å². The predicted molar refractivity (Wildman–Crippen MR) is 204 cm³/mol. The van der Waals surface area contributed by atoms with Gasteiger partial charge in [-0.25, -0.2) is 0 Å². The minimum absolute atomic E-state index is 1.11. The summed E-state index contributed by atoms with van der Waals surface area (Å²) in [5, 5.41) is 4.93. The lowest BCUT2D eigenvalue weighted by Gasteiger charge is -2.27. The molecule has 0 spiro atoms. The zero-order valence-electron chi connectivity index (χ0n) is 26.4. The van der Waals surface area contributed by atoms with Gasteiger partial charge in [0.05, 0.1) is 16.7 Å². The monoisotopic (exact) mass is 612 g/mol. The van der Waals surface area contributed by atoms with Crippen molar-refractivity contribution >= 4 is 49.6 Å². The Labute approximate surface area is 280 Å². The zero-order chi connectivity index (χ0) is 31.9. The van der Waals surface area contributed by atoms with Crippen molar-refractivity contribution in [2.45, 2.75) is 0 Å². The molecule has 0 saturated heterocycles. The molecule has 0 fully saturated rings. The average molecular weight is 613 g/mol. The van der Waals surface area contributed by atoms with Crippen LogP contribution in [0.2, 0.25) is 0 Å². The summed E-state index contributed by atoms with van der Waals surface area (Å²) in [5.41, 5.74) is 11.8. The molecule has 1 aromatic heterocycles. The quantitative estimate of drug-likeness (QED) is 0.181. The molecule has 0 aliphatic rings. The van der Waals surface area contributed by atoms with Crippen LogP contribution in [-0.2, 0) is 0 Å². The van der Waals surface area contributed by atoms with Gasteiger partial charge in [-0.05, 0) is 70.8 Å². The molecule has 0 unspecified atom stereocenters. The van der Waals surface area contributed by atoms with Crippen LogP contribution in [-0.4, -0.2) is 4.57 Å². The Morgan fingerprint density at radius 3 is 1.38 bits per heavy atom. The van der Waals surface area contributed by atoms with Gasteiger partial charge in [0.15, 0.2) is 0 Å². The van der Waals surface area contributed by atoms with Crippen LogP contribution < -0.4 is 4.90 Å². The van der Waals surface area contributed by atoms with Gasteiger partial charge >= 0.3 is 0 Å². The van der Waals surface area contributed by atoms with Gasteiger partial charge in [0.1, 0.15) is 0 Å². The molecule has 2 heteroatoms. The molecule has 0 atom stereocenters. The van der Waals surface area contributed by atoms with E-state index in [1.54, 1.807) is 0 Å². The van der Waals surface area contributed by atoms with Crippen molar-refractivity contribution in [2.24, 2.45) is 0 Å². The van der Waals surface area contributed by atoms with Crippen molar-refractivity contribution in [3.63, 3.8) is 0 Å². The lowest BCUT2D eigenvalue weighted by molar-refractivity contribution is 1.19. The van der Waals surface area contributed by atoms with Crippen LogP contribution >= 0.6 is 0 Å². The Kier molecular flexibility index (Phi) is 6.84. The highest BCUT2D eigenvalue weighted by molar-refractivity contribution is 6.20. The maximum atomic E-state index is 2.42. The summed E-state index contributed by atoms with van der Waals surface area (Å²) in [7, 11) is 0. The molecule has 0 saturated carbocycles. The molecule has 9 aromatic rings. The van der Waals surface area contributed by atoms with Gasteiger partial charge in [0, 0.05) is 38.6 Å². The van der Waals surface area contributed by atoms with Crippen molar-refractivity contribution in [2.75, 3.05) is 4.90 Å². The van der Waals surface area contributed by atoms with Gasteiger partial charge in [0.25, 0.3) is 0 Å². The smallest absolute Gasteiger partial charge is 0.0620 e. The second kappa shape index (κ2) is 11.8. The normalized spacial score (nSPS) is 11.3. The van der Waals surface area contributed by atoms with E-state index in [4.69, 9.17) is 0 Å². The highest BCUT2D eigenvalue weighted by Gasteiger charge is 2.20. The first-order valence-corrected chi connectivity index (χ1v) is 16.4. The van der Waals surface area contributed by atoms with Crippen molar-refractivity contribution in [3.8, 4) is 27.9 Å². The van der Waals surface area contributed by atoms with E-state index in [2.05, 4.69) is 204 Å². The van der Waals surface area contributed by atoms with Gasteiger partial charge < -0.3 is 9.47 Å². The predicted octanol–water partition coefficient (Wildman–Crippen LogP) is 12.7. The van der Waals surface area contributed by atoms with Gasteiger partial charge in [-0.3, -0.25) is 0 Å². The van der Waals surface area contributed by atoms with Crippen molar-refractivity contribution < 1.29 is 0 Å². The third-order valence-electron chi connectivity index (χ3n) is 9.39. The van der Waals surface area contributed by atoms with Crippen molar-refractivity contribution in [3.05, 3.63) is 194 Å². The van der Waals surface area contributed by atoms with Crippen LogP contribution in [0, 0.1) is 0 Å². The number of nitrogens with zero attached hydrogens (tertiary/aromatic N) is 2. The lowest BCUT2D eigenvalue weighted by Crippen LogP contribution is -2.10. The molecule has 0 aliphatic heterocycles. The molecule has 8 aromatic carbocycles. The fourth-order valence-corrected chi connectivity index (χ4v) is 7.14. The number of benzene rings is 8. The molecule has 1 heterocycles. The number of hydrogen-bond acceptors (Lipinski definition) is 1. The first-order valence-electron chi connectivity index (χ1n) is 16.4. The number of rotatable bonds is 6. The Morgan fingerprint density at radius 2 is 0.771 bits per heavy atom. The maximum Gasteiger partial charge on any atom is 0.0620 e. The van der Waals surface area contributed by atoms with Gasteiger partial charge in [-0.1, -0.05) is 146 Å². The van der Waals surface area contributed by atoms with E-state index in [1.165, 1.54) is 54.8 Å². The summed E-state index contributed by atoms with van der Waals surface area (Å²) in [4.78, 5) is 2.40. The van der Waals surface area contributed by atoms with Crippen molar-refractivity contribution in [1.29, 1.82) is 0 Å². The third kappa shape index (κ3) is 4.74. The Bertz CT molecular complexity index is 2430. The summed E-state index contributed by atoms with van der Waals surface area (Å²) >= 11 is 0. The third-order valence-corrected chi connectivity index (χ3v) is 9.39. The first kappa shape index (κ1) is 27.9. The molecule has 226 valence electrons. The second-order valence-corrected chi connectivity index (χ2v) is 12.2. The zero-order valence-corrected chi connectivity index (χ0v) is 26.4. The van der Waals surface area contributed by atoms with Gasteiger partial charge in [0.2, 0.25) is 0 Å². The molecule has 0 radical (unpaired) electrons. The van der Waals surface area contributed by atoms with E-state index in [1.807, 2.05) is 0 Å². The summed E-state index contributed by atoms with van der Waals surface area (Å²) < 4.78 is 2.42. The second-order valence-electron chi connectivity index (χ2n) is 12.2. The number of aromatic nitrogens is 1. The molecule has 9 rings (SSSR count). The molecule has 48 heavy (non-hydrogen) atoms. The fraction of sp³-hybridized carbons (Fsp3) is 0. The van der Waals surface area contributed by atoms with E-state index in [-0.39, 0.29) is 0 Å². The largest absolute Gasteiger partial charge is 0.310 e. The molecule has 0 bridgehead atoms. The molecular formula is C46H32N2. The van der Waals surface area contributed by atoms with E-state index < -0.39 is 0 Å². The van der Waals surface area contributed by atoms with Crippen LogP contribution in [0.5, 0.6) is 0 Å². The Balaban J connectivity index is 1.27. The summed E-state index contributed by atoms with van der Waals surface area (Å²) in [6.07, 6.45) is 0. The number of hydrogen-bond donors (Lipinski definition) is 0. The standard InChI is InChI=1S/C46H32N2/c1-4-13-33(14-5-1)35-23-27-38(28-24-35)47(39-29-25-36(26-30-39)34-15-6-2-7-16-34)44-22-12-20-42-41(44)31-32-43-40-19-10-11-21-45(40)48(46(42)43)37-17-8-3-9-18-37/h1-32H. The Hall–Kier alpha value is -6.38. The molecule has 2 nitrogen and oxygen atoms in total. The molecule has 0 amide bonds. The number of fused-ring (bicyclic) bond motifs is 5. The number of para-hydroxylation sites is 2. The van der Waals surface area contributed by atoms with E-state index in [9.17, 15) is 0 Å². The van der Waals surface area contributed by atoms with Crippen LogP contribution in [0.3, 0.4) is 0 Å². The lowest BCUT2D eigenvalue weighted by atomic mass is 10.0. The van der Waals surface area contributed by atoms with Crippen LogP contribution in [0.1, 0.15) is 0 Å². The van der Waals surface area contributed by atoms with Gasteiger partial charge in [-0.15, -0.1) is 0 Å². The first-order chi connectivity index (χ1) is 23.8. The number of anilines is 3. The van der Waals surface area contributed by atoms with Crippen molar-refractivity contribution in [1.82, 2.24) is 4.57 Å². The SMILES string of the molecule is c1ccc(-c2ccc(N(c3ccc(-c4ccccc4)cc3)c3cccc4c3ccc3c5ccccc5n(-c5ccccc5)c43)cc2)cc1. The fourth-order valence-electron chi connectivity index (χ4n) is 7.14. The minimum Gasteiger partial charge on any atom is -0.310 e. The van der Waals surface area contributed by atoms with E-state index in [0.29, 0.717) is 0 Å². The highest BCUT2D eigenvalue weighted by Crippen LogP contribution is 2.43. The van der Waals surface area contributed by atoms with Gasteiger partial charge in [-0.2, -0.15) is 0 Å². The highest BCUT2D eigenvalue weighted by atomic mass is 15.1. The maximum absolute atomic E-state index is 2.42. The van der Waals surface area contributed by atoms with E-state index >= 15 is 0 Å². The Morgan fingerprint density at radius 1 is 0.312 bits per heavy atom. The van der Waals surface area contributed by atoms with Crippen LogP contribution in [0.4, 0.5) is 17.1 Å². The summed E-state index contributed by atoms with van der Waals surface area (Å²) in [6, 6.07) is 69.8. The molecule has 0 N–H and O–H groups in total. The summed E-state index contributed by atoms with van der Waals surface area (Å²) in [5.74, 6) is 0. The average Bonchev–Trinajstić information content (AvgIpc) is 3.52. The minimum atomic E-state index is 1.11. The topological polar surface area (TPSA) is 8.17 Å².